The van der Waals surface area contributed by atoms with Crippen molar-refractivity contribution in [1.82, 2.24) is 4.90 Å². The molecule has 0 aromatic carbocycles. The van der Waals surface area contributed by atoms with E-state index in [4.69, 9.17) is 4.74 Å². The molecule has 0 amide bonds. The van der Waals surface area contributed by atoms with Gasteiger partial charge in [0.05, 0.1) is 6.10 Å². The van der Waals surface area contributed by atoms with Crippen LogP contribution in [-0.2, 0) is 24.2 Å². The second kappa shape index (κ2) is 5.20. The molecule has 0 aliphatic carbocycles. The number of ether oxygens (including phenoxy) is 1. The first-order valence-electron chi connectivity index (χ1n) is 3.58. The fourth-order valence-electron chi connectivity index (χ4n) is 1.42. The van der Waals surface area contributed by atoms with Gasteiger partial charge in [0, 0.05) is 13.7 Å². The van der Waals surface area contributed by atoms with Crippen LogP contribution in [-0.4, -0.2) is 51.3 Å². The Hall–Kier alpha value is 0.503. The van der Waals surface area contributed by atoms with Crippen LogP contribution >= 0.6 is 0 Å². The Bertz CT molecular complexity index is 101. The molecule has 1 fully saturated rings. The second-order valence-corrected chi connectivity index (χ2v) is 2.82. The van der Waals surface area contributed by atoms with Gasteiger partial charge in [0.15, 0.2) is 0 Å². The van der Waals surface area contributed by atoms with Crippen LogP contribution < -0.4 is 0 Å². The van der Waals surface area contributed by atoms with Crippen molar-refractivity contribution in [3.63, 3.8) is 0 Å². The van der Waals surface area contributed by atoms with E-state index in [9.17, 15) is 0 Å². The van der Waals surface area contributed by atoms with Crippen LogP contribution in [0.4, 0.5) is 0 Å². The number of likely N-dealkylation sites (N-methyl/N-ethyl adjacent to an activating group) is 2. The van der Waals surface area contributed by atoms with Gasteiger partial charge >= 0.3 is 19.5 Å². The Morgan fingerprint density at radius 3 is 2.45 bits per heavy atom. The smallest absolute Gasteiger partial charge is 0.659 e. The van der Waals surface area contributed by atoms with Gasteiger partial charge in [0.25, 0.3) is 0 Å². The monoisotopic (exact) mass is 245 g/mol. The van der Waals surface area contributed by atoms with Crippen molar-refractivity contribution in [2.45, 2.75) is 12.1 Å². The maximum Gasteiger partial charge on any atom is 1.00 e. The molecular formula is C7H15N2ORu. The van der Waals surface area contributed by atoms with Crippen molar-refractivity contribution in [2.75, 3.05) is 34.3 Å². The zero-order valence-corrected chi connectivity index (χ0v) is 8.96. The molecular weight excluding hydrogens is 229 g/mol. The molecule has 1 aliphatic rings. The van der Waals surface area contributed by atoms with Gasteiger partial charge in [-0.15, -0.1) is 0 Å². The Morgan fingerprint density at radius 1 is 1.45 bits per heavy atom. The third-order valence-electron chi connectivity index (χ3n) is 2.05. The first-order chi connectivity index (χ1) is 4.77. The predicted molar refractivity (Wildman–Crippen MR) is 41.4 cm³/mol. The summed E-state index contributed by atoms with van der Waals surface area (Å²) in [4.78, 5) is 2.24. The Balaban J connectivity index is 0.000001000. The zero-order chi connectivity index (χ0) is 7.56. The average Bonchev–Trinajstić information content (AvgIpc) is 2.30. The summed E-state index contributed by atoms with van der Waals surface area (Å²) < 4.78 is 5.25. The van der Waals surface area contributed by atoms with Crippen LogP contribution in [0.25, 0.3) is 5.32 Å². The first kappa shape index (κ1) is 11.5. The fraction of sp³-hybridized carbons (Fsp3) is 1.00. The van der Waals surface area contributed by atoms with Crippen LogP contribution in [0.2, 0.25) is 0 Å². The standard InChI is InChI=1S/C7H15N2O.Ru/c1-8-6-4-9(2)5-7(6)10-3;/h6-7H,4-5H2,1-3H3;/q-1;+1. The van der Waals surface area contributed by atoms with Crippen molar-refractivity contribution >= 4 is 0 Å². The molecule has 0 N–H and O–H groups in total. The third-order valence-corrected chi connectivity index (χ3v) is 2.05. The molecule has 2 atom stereocenters. The maximum atomic E-state index is 5.25. The van der Waals surface area contributed by atoms with Crippen LogP contribution in [0.5, 0.6) is 0 Å². The summed E-state index contributed by atoms with van der Waals surface area (Å²) in [6.45, 7) is 2.05. The number of hydrogen-bond acceptors (Lipinski definition) is 2. The predicted octanol–water partition coefficient (Wildman–Crippen LogP) is 0.316. The van der Waals surface area contributed by atoms with E-state index < -0.39 is 0 Å². The van der Waals surface area contributed by atoms with Gasteiger partial charge in [-0.25, -0.2) is 0 Å². The minimum absolute atomic E-state index is 0. The van der Waals surface area contributed by atoms with Crippen LogP contribution in [0.15, 0.2) is 0 Å². The summed E-state index contributed by atoms with van der Waals surface area (Å²) in [5, 5.41) is 4.22. The fourth-order valence-corrected chi connectivity index (χ4v) is 1.42. The van der Waals surface area contributed by atoms with Gasteiger partial charge in [-0.1, -0.05) is 6.04 Å². The van der Waals surface area contributed by atoms with Gasteiger partial charge in [-0.3, -0.25) is 0 Å². The summed E-state index contributed by atoms with van der Waals surface area (Å²) in [6.07, 6.45) is 0.315. The van der Waals surface area contributed by atoms with Gasteiger partial charge < -0.3 is 15.0 Å². The molecule has 0 bridgehead atoms. The van der Waals surface area contributed by atoms with E-state index in [1.54, 1.807) is 7.11 Å². The zero-order valence-electron chi connectivity index (χ0n) is 7.23. The van der Waals surface area contributed by atoms with Crippen LogP contribution in [0, 0.1) is 0 Å². The number of likely N-dealkylation sites (tertiary alicyclic amines) is 1. The van der Waals surface area contributed by atoms with E-state index in [-0.39, 0.29) is 19.5 Å². The van der Waals surface area contributed by atoms with Crippen molar-refractivity contribution in [3.8, 4) is 0 Å². The number of methoxy groups -OCH3 is 1. The van der Waals surface area contributed by atoms with E-state index in [1.807, 2.05) is 7.05 Å². The van der Waals surface area contributed by atoms with Crippen molar-refractivity contribution in [1.29, 1.82) is 0 Å². The minimum atomic E-state index is 0. The van der Waals surface area contributed by atoms with E-state index in [0.717, 1.165) is 13.1 Å². The molecule has 67 valence electrons. The van der Waals surface area contributed by atoms with Gasteiger partial charge in [-0.05, 0) is 13.6 Å². The summed E-state index contributed by atoms with van der Waals surface area (Å²) in [7, 11) is 5.70. The quantitative estimate of drug-likeness (QED) is 0.654. The molecule has 1 radical (unpaired) electrons. The topological polar surface area (TPSA) is 26.6 Å². The summed E-state index contributed by atoms with van der Waals surface area (Å²) in [5.41, 5.74) is 0. The molecule has 1 aliphatic heterocycles. The number of hydrogen-bond donors (Lipinski definition) is 0. The van der Waals surface area contributed by atoms with E-state index in [2.05, 4.69) is 17.3 Å². The first-order valence-corrected chi connectivity index (χ1v) is 3.58. The van der Waals surface area contributed by atoms with E-state index >= 15 is 0 Å². The average molecular weight is 244 g/mol. The molecule has 0 aromatic heterocycles. The Morgan fingerprint density at radius 2 is 2.09 bits per heavy atom. The molecule has 1 heterocycles. The van der Waals surface area contributed by atoms with Crippen molar-refractivity contribution in [3.05, 3.63) is 5.32 Å². The molecule has 0 aromatic rings. The van der Waals surface area contributed by atoms with Gasteiger partial charge in [-0.2, -0.15) is 7.05 Å². The molecule has 1 saturated heterocycles. The van der Waals surface area contributed by atoms with Crippen LogP contribution in [0.1, 0.15) is 0 Å². The van der Waals surface area contributed by atoms with Gasteiger partial charge in [0.1, 0.15) is 0 Å². The summed E-state index contributed by atoms with van der Waals surface area (Å²) in [5.74, 6) is 0. The molecule has 11 heavy (non-hydrogen) atoms. The molecule has 0 saturated carbocycles. The maximum absolute atomic E-state index is 5.25. The van der Waals surface area contributed by atoms with Crippen LogP contribution in [0.3, 0.4) is 0 Å². The third kappa shape index (κ3) is 2.79. The van der Waals surface area contributed by atoms with E-state index in [0.29, 0.717) is 12.1 Å². The molecule has 1 rings (SSSR count). The van der Waals surface area contributed by atoms with Crippen molar-refractivity contribution in [2.24, 2.45) is 0 Å². The SMILES string of the molecule is C[N-]C1CN(C)CC1OC.[Ru+]. The second-order valence-electron chi connectivity index (χ2n) is 2.82. The number of nitrogens with zero attached hydrogens (tertiary/aromatic N) is 2. The normalized spacial score (nSPS) is 31.9. The summed E-state index contributed by atoms with van der Waals surface area (Å²) >= 11 is 0. The molecule has 4 heteroatoms. The van der Waals surface area contributed by atoms with E-state index in [1.165, 1.54) is 0 Å². The summed E-state index contributed by atoms with van der Waals surface area (Å²) in [6, 6.07) is 0.384. The van der Waals surface area contributed by atoms with Crippen molar-refractivity contribution < 1.29 is 24.2 Å². The number of rotatable bonds is 2. The molecule has 0 spiro atoms. The molecule has 2 unspecified atom stereocenters. The molecule has 3 nitrogen and oxygen atoms in total. The largest absolute Gasteiger partial charge is 1.00 e. The minimum Gasteiger partial charge on any atom is -0.659 e. The Kier molecular flexibility index (Phi) is 5.44. The Labute approximate surface area is 81.2 Å². The van der Waals surface area contributed by atoms with Gasteiger partial charge in [0.2, 0.25) is 0 Å².